The summed E-state index contributed by atoms with van der Waals surface area (Å²) in [5.74, 6) is -0.658. The fourth-order valence-corrected chi connectivity index (χ4v) is 2.55. The summed E-state index contributed by atoms with van der Waals surface area (Å²) < 4.78 is 96.3. The summed E-state index contributed by atoms with van der Waals surface area (Å²) >= 11 is 0.690. The van der Waals surface area contributed by atoms with Crippen LogP contribution in [-0.4, -0.2) is 18.9 Å². The topological polar surface area (TPSA) is 108 Å². The van der Waals surface area contributed by atoms with E-state index in [9.17, 15) is 34.8 Å². The molecule has 2 aromatic heterocycles. The molecule has 2 rings (SSSR count). The Labute approximate surface area is 153 Å². The lowest BCUT2D eigenvalue weighted by molar-refractivity contribution is -0.134. The molecule has 0 aliphatic heterocycles. The van der Waals surface area contributed by atoms with Crippen molar-refractivity contribution in [3.63, 3.8) is 0 Å². The predicted octanol–water partition coefficient (Wildman–Crippen LogP) is 2.99. The highest BCUT2D eigenvalue weighted by Crippen LogP contribution is 2.34. The summed E-state index contributed by atoms with van der Waals surface area (Å²) in [5, 5.41) is 0. The third-order valence-corrected chi connectivity index (χ3v) is 4.76. The van der Waals surface area contributed by atoms with Crippen LogP contribution in [-0.2, 0) is 29.4 Å². The average Bonchev–Trinajstić information content (AvgIpc) is 3.04. The second-order valence-electron chi connectivity index (χ2n) is 4.66. The Hall–Kier alpha value is -1.90. The summed E-state index contributed by atoms with van der Waals surface area (Å²) in [4.78, 5) is 3.33. The van der Waals surface area contributed by atoms with Crippen molar-refractivity contribution in [2.45, 2.75) is 24.8 Å². The van der Waals surface area contributed by atoms with Crippen LogP contribution in [0, 0.1) is 0 Å². The van der Waals surface area contributed by atoms with E-state index < -0.39 is 32.6 Å². The highest BCUT2D eigenvalue weighted by atomic mass is 32.2. The van der Waals surface area contributed by atoms with E-state index in [0.29, 0.717) is 21.8 Å². The minimum atomic E-state index is -5.66. The van der Waals surface area contributed by atoms with Gasteiger partial charge in [-0.05, 0) is 17.7 Å². The van der Waals surface area contributed by atoms with Crippen LogP contribution in [0.4, 0.5) is 26.3 Å². The van der Waals surface area contributed by atoms with Gasteiger partial charge in [-0.1, -0.05) is 6.07 Å². The molecule has 0 saturated carbocycles. The highest BCUT2D eigenvalue weighted by molar-refractivity contribution is 7.87. The zero-order valence-corrected chi connectivity index (χ0v) is 14.8. The van der Waals surface area contributed by atoms with Crippen LogP contribution in [0.1, 0.15) is 15.3 Å². The fourth-order valence-electron chi connectivity index (χ4n) is 1.38. The Kier molecular flexibility index (Phi) is 7.59. The van der Waals surface area contributed by atoms with Gasteiger partial charge >= 0.3 is 21.8 Å². The van der Waals surface area contributed by atoms with E-state index >= 15 is 0 Å². The zero-order valence-electron chi connectivity index (χ0n) is 13.2. The van der Waals surface area contributed by atoms with Crippen molar-refractivity contribution in [1.29, 1.82) is 0 Å². The number of hydrogen-bond acceptors (Lipinski definition) is 7. The van der Waals surface area contributed by atoms with Crippen molar-refractivity contribution in [2.75, 3.05) is 0 Å². The molecule has 0 atom stereocenters. The van der Waals surface area contributed by atoms with Crippen molar-refractivity contribution < 1.29 is 38.9 Å². The van der Waals surface area contributed by atoms with Crippen molar-refractivity contribution in [3.05, 3.63) is 45.8 Å². The van der Waals surface area contributed by atoms with Crippen LogP contribution in [0.15, 0.2) is 30.5 Å². The van der Waals surface area contributed by atoms with E-state index in [1.54, 1.807) is 0 Å². The first-order valence-electron chi connectivity index (χ1n) is 6.82. The molecule has 2 aromatic rings. The molecular formula is C13H13F6N3O3S2. The second-order valence-corrected chi connectivity index (χ2v) is 7.37. The standard InChI is InChI=1S/C7H7F3N2O3S.C6H6F3NS/c8-7(9,10)16(13,14)15-6-2-1-5(3-11)4-12-6;7-6(8,9)5-2-1-4(3-10)11-5/h1-2,4H,3,11H2;1-2H,3,10H2. The molecule has 0 aliphatic rings. The van der Waals surface area contributed by atoms with Crippen LogP contribution in [0.3, 0.4) is 0 Å². The molecule has 152 valence electrons. The summed E-state index contributed by atoms with van der Waals surface area (Å²) in [5.41, 5.74) is 5.43. The first-order valence-corrected chi connectivity index (χ1v) is 9.04. The lowest BCUT2D eigenvalue weighted by Gasteiger charge is -2.08. The van der Waals surface area contributed by atoms with Gasteiger partial charge < -0.3 is 15.7 Å². The summed E-state index contributed by atoms with van der Waals surface area (Å²) in [7, 11) is -5.66. The van der Waals surface area contributed by atoms with Crippen molar-refractivity contribution >= 4 is 21.5 Å². The van der Waals surface area contributed by atoms with Gasteiger partial charge in [0.15, 0.2) is 0 Å². The Morgan fingerprint density at radius 1 is 1.00 bits per heavy atom. The molecule has 0 fully saturated rings. The third kappa shape index (κ3) is 6.97. The first-order chi connectivity index (χ1) is 12.3. The van der Waals surface area contributed by atoms with Crippen molar-refractivity contribution in [3.8, 4) is 5.88 Å². The molecule has 0 saturated heterocycles. The average molecular weight is 437 g/mol. The van der Waals surface area contributed by atoms with Gasteiger partial charge in [-0.2, -0.15) is 34.8 Å². The van der Waals surface area contributed by atoms with E-state index in [1.165, 1.54) is 12.1 Å². The molecular weight excluding hydrogens is 424 g/mol. The van der Waals surface area contributed by atoms with E-state index in [2.05, 4.69) is 9.17 Å². The lowest BCUT2D eigenvalue weighted by atomic mass is 10.3. The largest absolute Gasteiger partial charge is 0.534 e. The fraction of sp³-hybridized carbons (Fsp3) is 0.308. The van der Waals surface area contributed by atoms with Gasteiger partial charge in [0.25, 0.3) is 0 Å². The number of nitrogens with zero attached hydrogens (tertiary/aromatic N) is 1. The molecule has 14 heteroatoms. The number of aromatic nitrogens is 1. The SMILES string of the molecule is NCc1ccc(C(F)(F)F)s1.NCc1ccc(OS(=O)(=O)C(F)(F)F)nc1. The minimum absolute atomic E-state index is 0.138. The Morgan fingerprint density at radius 2 is 1.63 bits per heavy atom. The maximum Gasteiger partial charge on any atom is 0.534 e. The molecule has 4 N–H and O–H groups in total. The number of thiophene rings is 1. The van der Waals surface area contributed by atoms with E-state index in [1.807, 2.05) is 0 Å². The molecule has 0 aromatic carbocycles. The predicted molar refractivity (Wildman–Crippen MR) is 84.9 cm³/mol. The van der Waals surface area contributed by atoms with Crippen LogP contribution in [0.25, 0.3) is 0 Å². The van der Waals surface area contributed by atoms with Gasteiger partial charge in [0.05, 0.1) is 0 Å². The smallest absolute Gasteiger partial charge is 0.355 e. The number of halogens is 6. The maximum absolute atomic E-state index is 11.9. The van der Waals surface area contributed by atoms with Gasteiger partial charge in [-0.3, -0.25) is 0 Å². The van der Waals surface area contributed by atoms with E-state index in [0.717, 1.165) is 18.3 Å². The van der Waals surface area contributed by atoms with Crippen LogP contribution in [0.5, 0.6) is 5.88 Å². The second kappa shape index (κ2) is 8.86. The number of pyridine rings is 1. The van der Waals surface area contributed by atoms with E-state index in [4.69, 9.17) is 11.5 Å². The first kappa shape index (κ1) is 23.1. The summed E-state index contributed by atoms with van der Waals surface area (Å²) in [6, 6.07) is 4.75. The number of rotatable bonds is 4. The van der Waals surface area contributed by atoms with Gasteiger partial charge in [-0.15, -0.1) is 11.3 Å². The monoisotopic (exact) mass is 437 g/mol. The van der Waals surface area contributed by atoms with Crippen LogP contribution in [0.2, 0.25) is 0 Å². The normalized spacial score (nSPS) is 12.3. The van der Waals surface area contributed by atoms with Crippen LogP contribution >= 0.6 is 11.3 Å². The summed E-state index contributed by atoms with van der Waals surface area (Å²) in [6.45, 7) is 0.306. The molecule has 0 bridgehead atoms. The minimum Gasteiger partial charge on any atom is -0.355 e. The molecule has 2 heterocycles. The Bertz CT molecular complexity index is 832. The van der Waals surface area contributed by atoms with Crippen LogP contribution < -0.4 is 15.7 Å². The van der Waals surface area contributed by atoms with Gasteiger partial charge in [0.1, 0.15) is 4.88 Å². The molecule has 0 radical (unpaired) electrons. The Morgan fingerprint density at radius 3 is 1.96 bits per heavy atom. The molecule has 0 aliphatic carbocycles. The Balaban J connectivity index is 0.000000289. The molecule has 0 unspecified atom stereocenters. The number of nitrogens with two attached hydrogens (primary N) is 2. The van der Waals surface area contributed by atoms with Gasteiger partial charge in [0, 0.05) is 30.2 Å². The zero-order chi connectivity index (χ0) is 20.9. The summed E-state index contributed by atoms with van der Waals surface area (Å²) in [6.07, 6.45) is -3.10. The van der Waals surface area contributed by atoms with Gasteiger partial charge in [-0.25, -0.2) is 4.98 Å². The van der Waals surface area contributed by atoms with Crippen molar-refractivity contribution in [1.82, 2.24) is 4.98 Å². The number of hydrogen-bond donors (Lipinski definition) is 2. The van der Waals surface area contributed by atoms with E-state index in [-0.39, 0.29) is 13.1 Å². The lowest BCUT2D eigenvalue weighted by Crippen LogP contribution is -2.28. The van der Waals surface area contributed by atoms with Gasteiger partial charge in [0.2, 0.25) is 5.88 Å². The molecule has 27 heavy (non-hydrogen) atoms. The quantitative estimate of drug-likeness (QED) is 0.433. The highest BCUT2D eigenvalue weighted by Gasteiger charge is 2.48. The molecule has 6 nitrogen and oxygen atoms in total. The third-order valence-electron chi connectivity index (χ3n) is 2.65. The molecule has 0 amide bonds. The molecule has 0 spiro atoms. The number of alkyl halides is 6. The van der Waals surface area contributed by atoms with Crippen molar-refractivity contribution in [2.24, 2.45) is 11.5 Å². The maximum atomic E-state index is 11.9.